The number of nitrogens with one attached hydrogen (secondary N) is 2. The summed E-state index contributed by atoms with van der Waals surface area (Å²) in [5.41, 5.74) is 3.16. The van der Waals surface area contributed by atoms with Gasteiger partial charge in [0.25, 0.3) is 5.91 Å². The molecule has 0 aliphatic carbocycles. The molecule has 0 saturated carbocycles. The van der Waals surface area contributed by atoms with Gasteiger partial charge in [0.1, 0.15) is 5.75 Å². The van der Waals surface area contributed by atoms with E-state index in [1.807, 2.05) is 69.3 Å². The second kappa shape index (κ2) is 10.8. The molecular weight excluding hydrogens is 406 g/mol. The molecule has 3 rings (SSSR count). The number of benzene rings is 2. The first-order valence-electron chi connectivity index (χ1n) is 10.9. The van der Waals surface area contributed by atoms with Crippen LogP contribution in [-0.4, -0.2) is 48.9 Å². The molecule has 0 aromatic heterocycles. The highest BCUT2D eigenvalue weighted by atomic mass is 16.5. The molecule has 0 radical (unpaired) electrons. The minimum absolute atomic E-state index is 0.0154. The lowest BCUT2D eigenvalue weighted by Crippen LogP contribution is -2.39. The molecule has 2 aromatic carbocycles. The molecule has 0 bridgehead atoms. The number of likely N-dealkylation sites (tertiary alicyclic amines) is 1. The maximum absolute atomic E-state index is 12.5. The summed E-state index contributed by atoms with van der Waals surface area (Å²) in [6, 6.07) is 15.4. The van der Waals surface area contributed by atoms with Crippen LogP contribution in [0.2, 0.25) is 0 Å². The predicted molar refractivity (Wildman–Crippen MR) is 122 cm³/mol. The third-order valence-corrected chi connectivity index (χ3v) is 5.94. The molecule has 2 atom stereocenters. The Labute approximate surface area is 189 Å². The minimum Gasteiger partial charge on any atom is -0.483 e. The number of aryl methyl sites for hydroxylation is 1. The molecule has 1 heterocycles. The van der Waals surface area contributed by atoms with E-state index in [1.54, 1.807) is 4.90 Å². The summed E-state index contributed by atoms with van der Waals surface area (Å²) < 4.78 is 5.58. The molecule has 1 aliphatic heterocycles. The van der Waals surface area contributed by atoms with E-state index in [-0.39, 0.29) is 42.7 Å². The van der Waals surface area contributed by atoms with Crippen molar-refractivity contribution in [2.45, 2.75) is 33.2 Å². The van der Waals surface area contributed by atoms with Crippen molar-refractivity contribution in [3.63, 3.8) is 0 Å². The van der Waals surface area contributed by atoms with Gasteiger partial charge >= 0.3 is 0 Å². The molecular formula is C25H31N3O4. The molecule has 170 valence electrons. The predicted octanol–water partition coefficient (Wildman–Crippen LogP) is 2.52. The van der Waals surface area contributed by atoms with Gasteiger partial charge in [-0.3, -0.25) is 14.4 Å². The lowest BCUT2D eigenvalue weighted by molar-refractivity contribution is -0.130. The van der Waals surface area contributed by atoms with E-state index in [0.717, 1.165) is 16.7 Å². The van der Waals surface area contributed by atoms with Gasteiger partial charge in [-0.25, -0.2) is 0 Å². The minimum atomic E-state index is -0.378. The molecule has 1 aliphatic rings. The fourth-order valence-corrected chi connectivity index (χ4v) is 3.80. The lowest BCUT2D eigenvalue weighted by atomic mass is 10.1. The van der Waals surface area contributed by atoms with Gasteiger partial charge in [0.15, 0.2) is 6.61 Å². The van der Waals surface area contributed by atoms with Gasteiger partial charge < -0.3 is 20.3 Å². The highest BCUT2D eigenvalue weighted by Crippen LogP contribution is 2.28. The Hall–Kier alpha value is -3.35. The first-order chi connectivity index (χ1) is 15.4. The molecule has 2 aromatic rings. The van der Waals surface area contributed by atoms with Crippen LogP contribution in [0.4, 0.5) is 0 Å². The first-order valence-corrected chi connectivity index (χ1v) is 10.9. The zero-order chi connectivity index (χ0) is 23.1. The summed E-state index contributed by atoms with van der Waals surface area (Å²) in [7, 11) is 0. The number of nitrogens with zero attached hydrogens (tertiary/aromatic N) is 1. The largest absolute Gasteiger partial charge is 0.483 e. The van der Waals surface area contributed by atoms with Crippen LogP contribution < -0.4 is 15.4 Å². The van der Waals surface area contributed by atoms with Gasteiger partial charge in [-0.2, -0.15) is 0 Å². The van der Waals surface area contributed by atoms with Gasteiger partial charge in [-0.15, -0.1) is 0 Å². The number of ether oxygens (including phenoxy) is 1. The van der Waals surface area contributed by atoms with Crippen LogP contribution in [-0.2, 0) is 14.4 Å². The SMILES string of the molecule is Cc1cccc(OCC(=O)NCCNC(=O)C2CC(=O)N(C(C)c3ccccc3)C2)c1C. The summed E-state index contributed by atoms with van der Waals surface area (Å²) >= 11 is 0. The zero-order valence-corrected chi connectivity index (χ0v) is 18.9. The van der Waals surface area contributed by atoms with E-state index in [2.05, 4.69) is 10.6 Å². The quantitative estimate of drug-likeness (QED) is 0.590. The summed E-state index contributed by atoms with van der Waals surface area (Å²) in [5.74, 6) is -0.120. The number of amides is 3. The van der Waals surface area contributed by atoms with Crippen molar-refractivity contribution in [1.82, 2.24) is 15.5 Å². The Balaban J connectivity index is 1.37. The zero-order valence-electron chi connectivity index (χ0n) is 18.9. The van der Waals surface area contributed by atoms with Crippen molar-refractivity contribution in [2.75, 3.05) is 26.2 Å². The Bertz CT molecular complexity index is 961. The summed E-state index contributed by atoms with van der Waals surface area (Å²) in [6.45, 7) is 6.83. The van der Waals surface area contributed by atoms with Crippen LogP contribution in [0.5, 0.6) is 5.75 Å². The molecule has 2 unspecified atom stereocenters. The third-order valence-electron chi connectivity index (χ3n) is 5.94. The second-order valence-electron chi connectivity index (χ2n) is 8.16. The maximum Gasteiger partial charge on any atom is 0.258 e. The normalized spacial score (nSPS) is 16.5. The van der Waals surface area contributed by atoms with Gasteiger partial charge in [0.05, 0.1) is 12.0 Å². The van der Waals surface area contributed by atoms with Crippen molar-refractivity contribution < 1.29 is 19.1 Å². The van der Waals surface area contributed by atoms with Crippen LogP contribution in [0.3, 0.4) is 0 Å². The molecule has 7 heteroatoms. The third kappa shape index (κ3) is 5.87. The summed E-state index contributed by atoms with van der Waals surface area (Å²) in [6.07, 6.45) is 0.207. The van der Waals surface area contributed by atoms with E-state index in [4.69, 9.17) is 4.74 Å². The molecule has 0 spiro atoms. The van der Waals surface area contributed by atoms with E-state index >= 15 is 0 Å². The fraction of sp³-hybridized carbons (Fsp3) is 0.400. The van der Waals surface area contributed by atoms with Gasteiger partial charge in [0.2, 0.25) is 11.8 Å². The van der Waals surface area contributed by atoms with E-state index in [0.29, 0.717) is 25.4 Å². The second-order valence-corrected chi connectivity index (χ2v) is 8.16. The number of rotatable bonds is 9. The molecule has 1 saturated heterocycles. The topological polar surface area (TPSA) is 87.7 Å². The number of hydrogen-bond donors (Lipinski definition) is 2. The summed E-state index contributed by atoms with van der Waals surface area (Å²) in [5, 5.41) is 5.55. The average molecular weight is 438 g/mol. The van der Waals surface area contributed by atoms with Crippen LogP contribution in [0.1, 0.15) is 36.1 Å². The standard InChI is InChI=1S/C25H31N3O4/c1-17-8-7-11-22(18(17)2)32-16-23(29)26-12-13-27-25(31)21-14-24(30)28(15-21)19(3)20-9-5-4-6-10-20/h4-11,19,21H,12-16H2,1-3H3,(H,26,29)(H,27,31). The van der Waals surface area contributed by atoms with E-state index in [1.165, 1.54) is 0 Å². The van der Waals surface area contributed by atoms with Gasteiger partial charge in [-0.05, 0) is 43.5 Å². The molecule has 7 nitrogen and oxygen atoms in total. The number of carbonyl (C=O) groups is 3. The monoisotopic (exact) mass is 437 g/mol. The Morgan fingerprint density at radius 1 is 1.06 bits per heavy atom. The average Bonchev–Trinajstić information content (AvgIpc) is 3.19. The first kappa shape index (κ1) is 23.3. The van der Waals surface area contributed by atoms with Crippen LogP contribution in [0, 0.1) is 19.8 Å². The van der Waals surface area contributed by atoms with E-state index < -0.39 is 0 Å². The number of hydrogen-bond acceptors (Lipinski definition) is 4. The van der Waals surface area contributed by atoms with Gasteiger partial charge in [0, 0.05) is 26.1 Å². The van der Waals surface area contributed by atoms with Crippen molar-refractivity contribution in [3.8, 4) is 5.75 Å². The van der Waals surface area contributed by atoms with E-state index in [9.17, 15) is 14.4 Å². The molecule has 32 heavy (non-hydrogen) atoms. The summed E-state index contributed by atoms with van der Waals surface area (Å²) in [4.78, 5) is 38.7. The van der Waals surface area contributed by atoms with Crippen LogP contribution in [0.25, 0.3) is 0 Å². The Morgan fingerprint density at radius 3 is 2.53 bits per heavy atom. The maximum atomic E-state index is 12.5. The van der Waals surface area contributed by atoms with Crippen molar-refractivity contribution in [1.29, 1.82) is 0 Å². The smallest absolute Gasteiger partial charge is 0.258 e. The van der Waals surface area contributed by atoms with Crippen molar-refractivity contribution in [2.24, 2.45) is 5.92 Å². The van der Waals surface area contributed by atoms with Gasteiger partial charge in [-0.1, -0.05) is 42.5 Å². The highest BCUT2D eigenvalue weighted by Gasteiger charge is 2.36. The van der Waals surface area contributed by atoms with Crippen molar-refractivity contribution >= 4 is 17.7 Å². The Kier molecular flexibility index (Phi) is 7.87. The van der Waals surface area contributed by atoms with Crippen molar-refractivity contribution in [3.05, 3.63) is 65.2 Å². The fourth-order valence-electron chi connectivity index (χ4n) is 3.80. The molecule has 3 amide bonds. The Morgan fingerprint density at radius 2 is 1.78 bits per heavy atom. The molecule has 1 fully saturated rings. The molecule has 2 N–H and O–H groups in total. The van der Waals surface area contributed by atoms with Crippen LogP contribution >= 0.6 is 0 Å². The number of carbonyl (C=O) groups excluding carboxylic acids is 3. The highest BCUT2D eigenvalue weighted by molar-refractivity contribution is 5.89. The lowest BCUT2D eigenvalue weighted by Gasteiger charge is -2.25. The van der Waals surface area contributed by atoms with Crippen LogP contribution in [0.15, 0.2) is 48.5 Å².